The van der Waals surface area contributed by atoms with Crippen molar-refractivity contribution < 1.29 is 28.6 Å². The smallest absolute Gasteiger partial charge is 0.340 e. The highest BCUT2D eigenvalue weighted by Gasteiger charge is 2.49. The number of carbonyl (C=O) groups excluding carboxylic acids is 3. The maximum atomic E-state index is 13.2. The van der Waals surface area contributed by atoms with E-state index in [0.29, 0.717) is 46.6 Å². The molecule has 0 saturated carbocycles. The fourth-order valence-electron chi connectivity index (χ4n) is 5.41. The predicted octanol–water partition coefficient (Wildman–Crippen LogP) is 8.52. The number of ether oxygens (including phenoxy) is 3. The van der Waals surface area contributed by atoms with Crippen LogP contribution in [0.1, 0.15) is 116 Å². The Bertz CT molecular complexity index is 1350. The van der Waals surface area contributed by atoms with Crippen LogP contribution in [0.5, 0.6) is 11.5 Å². The second-order valence-electron chi connectivity index (χ2n) is 11.1. The minimum absolute atomic E-state index is 0.285. The molecule has 1 aliphatic rings. The van der Waals surface area contributed by atoms with E-state index < -0.39 is 11.6 Å². The summed E-state index contributed by atoms with van der Waals surface area (Å²) >= 11 is 0. The van der Waals surface area contributed by atoms with Crippen molar-refractivity contribution in [2.75, 3.05) is 0 Å². The number of hydrogen-bond acceptors (Lipinski definition) is 6. The van der Waals surface area contributed by atoms with Gasteiger partial charge in [-0.1, -0.05) is 94.8 Å². The number of rotatable bonds is 14. The van der Waals surface area contributed by atoms with Crippen LogP contribution in [0.25, 0.3) is 0 Å². The Kier molecular flexibility index (Phi) is 10.6. The number of benzene rings is 3. The Morgan fingerprint density at radius 3 is 1.69 bits per heavy atom. The third-order valence-electron chi connectivity index (χ3n) is 7.88. The summed E-state index contributed by atoms with van der Waals surface area (Å²) < 4.78 is 17.9. The van der Waals surface area contributed by atoms with E-state index in [-0.39, 0.29) is 11.9 Å². The first-order valence-electron chi connectivity index (χ1n) is 15.3. The van der Waals surface area contributed by atoms with Gasteiger partial charge in [0.15, 0.2) is 5.60 Å². The summed E-state index contributed by atoms with van der Waals surface area (Å²) in [5.41, 5.74) is 2.70. The van der Waals surface area contributed by atoms with Gasteiger partial charge in [-0.15, -0.1) is 0 Å². The molecule has 6 nitrogen and oxygen atoms in total. The zero-order valence-corrected chi connectivity index (χ0v) is 25.3. The second kappa shape index (κ2) is 14.3. The largest absolute Gasteiger partial charge is 0.441 e. The number of carbonyl (C=O) groups is 3. The molecule has 42 heavy (non-hydrogen) atoms. The van der Waals surface area contributed by atoms with Crippen molar-refractivity contribution in [2.24, 2.45) is 0 Å². The van der Waals surface area contributed by atoms with E-state index in [2.05, 4.69) is 13.8 Å². The standard InChI is InChI=1S/C36H42O6/c1-5-7-9-11-17-33(37)40-31-23-27(21-19-25(31)3)36(30-16-14-13-15-29(30)35(39)42-36)28-22-20-26(4)32(24-28)41-34(38)18-12-10-8-6-2/h13-16,19-24H,5-12,17-18H2,1-4H3. The molecule has 0 aliphatic carbocycles. The Morgan fingerprint density at radius 1 is 0.690 bits per heavy atom. The molecule has 0 amide bonds. The van der Waals surface area contributed by atoms with Crippen LogP contribution in [0.15, 0.2) is 60.7 Å². The van der Waals surface area contributed by atoms with Crippen molar-refractivity contribution in [1.29, 1.82) is 0 Å². The number of fused-ring (bicyclic) bond motifs is 1. The molecule has 0 bridgehead atoms. The molecule has 0 aromatic heterocycles. The third-order valence-corrected chi connectivity index (χ3v) is 7.88. The fourth-order valence-corrected chi connectivity index (χ4v) is 5.41. The fraction of sp³-hybridized carbons (Fsp3) is 0.417. The molecule has 6 heteroatoms. The van der Waals surface area contributed by atoms with E-state index in [1.807, 2.05) is 50.2 Å². The predicted molar refractivity (Wildman–Crippen MR) is 163 cm³/mol. The van der Waals surface area contributed by atoms with E-state index in [1.54, 1.807) is 24.3 Å². The minimum Gasteiger partial charge on any atom is -0.441 e. The van der Waals surface area contributed by atoms with Crippen LogP contribution in [0.2, 0.25) is 0 Å². The van der Waals surface area contributed by atoms with E-state index in [9.17, 15) is 14.4 Å². The van der Waals surface area contributed by atoms with Crippen LogP contribution in [-0.2, 0) is 19.9 Å². The van der Waals surface area contributed by atoms with Gasteiger partial charge >= 0.3 is 17.9 Å². The molecule has 1 heterocycles. The molecule has 0 radical (unpaired) electrons. The van der Waals surface area contributed by atoms with Gasteiger partial charge in [0.25, 0.3) is 0 Å². The molecule has 0 N–H and O–H groups in total. The highest BCUT2D eigenvalue weighted by atomic mass is 16.6. The van der Waals surface area contributed by atoms with Crippen LogP contribution in [0.4, 0.5) is 0 Å². The lowest BCUT2D eigenvalue weighted by atomic mass is 9.79. The molecule has 3 aromatic carbocycles. The molecule has 3 aromatic rings. The molecule has 0 saturated heterocycles. The van der Waals surface area contributed by atoms with Crippen LogP contribution in [0, 0.1) is 13.8 Å². The van der Waals surface area contributed by atoms with E-state index in [0.717, 1.165) is 62.5 Å². The average Bonchev–Trinajstić information content (AvgIpc) is 3.29. The Balaban J connectivity index is 1.72. The van der Waals surface area contributed by atoms with Gasteiger partial charge in [-0.3, -0.25) is 9.59 Å². The lowest BCUT2D eigenvalue weighted by molar-refractivity contribution is -0.135. The van der Waals surface area contributed by atoms with Gasteiger partial charge in [-0.2, -0.15) is 0 Å². The molecule has 0 spiro atoms. The Hall–Kier alpha value is -3.93. The maximum absolute atomic E-state index is 13.2. The van der Waals surface area contributed by atoms with Crippen molar-refractivity contribution in [3.63, 3.8) is 0 Å². The number of unbranched alkanes of at least 4 members (excludes halogenated alkanes) is 6. The van der Waals surface area contributed by atoms with Crippen LogP contribution in [-0.4, -0.2) is 17.9 Å². The summed E-state index contributed by atoms with van der Waals surface area (Å²) in [7, 11) is 0. The summed E-state index contributed by atoms with van der Waals surface area (Å²) in [6.45, 7) is 8.03. The lowest BCUT2D eigenvalue weighted by Crippen LogP contribution is -2.30. The molecule has 1 aliphatic heterocycles. The number of esters is 3. The van der Waals surface area contributed by atoms with Gasteiger partial charge in [0, 0.05) is 29.5 Å². The monoisotopic (exact) mass is 570 g/mol. The first-order valence-corrected chi connectivity index (χ1v) is 15.3. The highest BCUT2D eigenvalue weighted by molar-refractivity contribution is 5.96. The lowest BCUT2D eigenvalue weighted by Gasteiger charge is -2.31. The number of aryl methyl sites for hydroxylation is 2. The number of cyclic esters (lactones) is 1. The zero-order valence-electron chi connectivity index (χ0n) is 25.3. The SMILES string of the molecule is CCCCCCC(=O)Oc1cc(C2(c3ccc(C)c(OC(=O)CCCCCC)c3)OC(=O)c3ccccc32)ccc1C. The topological polar surface area (TPSA) is 78.9 Å². The first kappa shape index (κ1) is 31.0. The van der Waals surface area contributed by atoms with Crippen molar-refractivity contribution in [1.82, 2.24) is 0 Å². The quantitative estimate of drug-likeness (QED) is 0.110. The van der Waals surface area contributed by atoms with Crippen molar-refractivity contribution in [3.8, 4) is 11.5 Å². The van der Waals surface area contributed by atoms with Crippen molar-refractivity contribution in [3.05, 3.63) is 94.0 Å². The van der Waals surface area contributed by atoms with Gasteiger partial charge in [0.2, 0.25) is 0 Å². The molecule has 0 unspecified atom stereocenters. The second-order valence-corrected chi connectivity index (χ2v) is 11.1. The highest BCUT2D eigenvalue weighted by Crippen LogP contribution is 2.48. The third kappa shape index (κ3) is 6.92. The molecular weight excluding hydrogens is 528 g/mol. The molecular formula is C36H42O6. The van der Waals surface area contributed by atoms with Crippen molar-refractivity contribution >= 4 is 17.9 Å². The molecule has 222 valence electrons. The summed E-state index contributed by atoms with van der Waals surface area (Å²) in [6, 6.07) is 18.4. The van der Waals surface area contributed by atoms with Gasteiger partial charge in [0.1, 0.15) is 11.5 Å². The van der Waals surface area contributed by atoms with Gasteiger partial charge in [-0.25, -0.2) is 4.79 Å². The Labute approximate surface area is 249 Å². The van der Waals surface area contributed by atoms with E-state index in [4.69, 9.17) is 14.2 Å². The molecule has 0 atom stereocenters. The van der Waals surface area contributed by atoms with Gasteiger partial charge < -0.3 is 14.2 Å². The maximum Gasteiger partial charge on any atom is 0.340 e. The summed E-state index contributed by atoms with van der Waals surface area (Å²) in [5, 5.41) is 0. The number of hydrogen-bond donors (Lipinski definition) is 0. The summed E-state index contributed by atoms with van der Waals surface area (Å²) in [5.74, 6) is -0.159. The first-order chi connectivity index (χ1) is 20.3. The summed E-state index contributed by atoms with van der Waals surface area (Å²) in [6.07, 6.45) is 8.58. The normalized spacial score (nSPS) is 13.4. The zero-order chi connectivity index (χ0) is 30.1. The van der Waals surface area contributed by atoms with Gasteiger partial charge in [-0.05, 0) is 56.0 Å². The Morgan fingerprint density at radius 2 is 1.19 bits per heavy atom. The van der Waals surface area contributed by atoms with Crippen LogP contribution in [0.3, 0.4) is 0 Å². The average molecular weight is 571 g/mol. The molecule has 0 fully saturated rings. The van der Waals surface area contributed by atoms with Gasteiger partial charge in [0.05, 0.1) is 5.56 Å². The minimum atomic E-state index is -1.32. The van der Waals surface area contributed by atoms with Crippen LogP contribution >= 0.6 is 0 Å². The van der Waals surface area contributed by atoms with Crippen LogP contribution < -0.4 is 9.47 Å². The van der Waals surface area contributed by atoms with E-state index in [1.165, 1.54) is 0 Å². The summed E-state index contributed by atoms with van der Waals surface area (Å²) in [4.78, 5) is 38.6. The van der Waals surface area contributed by atoms with Crippen molar-refractivity contribution in [2.45, 2.75) is 97.5 Å². The molecule has 4 rings (SSSR count). The van der Waals surface area contributed by atoms with E-state index >= 15 is 0 Å².